The van der Waals surface area contributed by atoms with E-state index in [0.29, 0.717) is 4.91 Å². The molecule has 4 nitrogen and oxygen atoms in total. The number of amides is 2. The van der Waals surface area contributed by atoms with Crippen LogP contribution in [0.3, 0.4) is 0 Å². The predicted octanol–water partition coefficient (Wildman–Crippen LogP) is 3.18. The molecule has 5 heteroatoms. The molecule has 0 unspecified atom stereocenters. The average molecular weight is 299 g/mol. The van der Waals surface area contributed by atoms with Gasteiger partial charge in [0.05, 0.1) is 11.5 Å². The highest BCUT2D eigenvalue weighted by molar-refractivity contribution is 8.18. The molecule has 2 aromatic carbocycles. The number of carbonyl (C=O) groups is 2. The molecule has 0 spiro atoms. The normalized spacial score (nSPS) is 17.2. The van der Waals surface area contributed by atoms with Crippen molar-refractivity contribution in [3.05, 3.63) is 52.9 Å². The Kier molecular flexibility index (Phi) is 3.77. The van der Waals surface area contributed by atoms with Crippen LogP contribution < -0.4 is 5.32 Å². The molecule has 0 radical (unpaired) electrons. The Balaban J connectivity index is 2.24. The standard InChI is InChI=1S/C16H13NO3S/c1-20-9-13(14-15(18)17-16(19)21-14)12-8-4-6-10-5-2-3-7-11(10)12/h2-8H,9H2,1H3,(H,17,18,19)/b14-13+. The summed E-state index contributed by atoms with van der Waals surface area (Å²) in [5.74, 6) is -0.356. The Morgan fingerprint density at radius 2 is 1.90 bits per heavy atom. The largest absolute Gasteiger partial charge is 0.380 e. The van der Waals surface area contributed by atoms with Gasteiger partial charge in [0, 0.05) is 12.7 Å². The van der Waals surface area contributed by atoms with E-state index in [1.54, 1.807) is 7.11 Å². The molecule has 0 atom stereocenters. The second-order valence-electron chi connectivity index (χ2n) is 4.61. The summed E-state index contributed by atoms with van der Waals surface area (Å²) >= 11 is 0.925. The highest BCUT2D eigenvalue weighted by Gasteiger charge is 2.29. The Labute approximate surface area is 126 Å². The van der Waals surface area contributed by atoms with Crippen LogP contribution in [0.5, 0.6) is 0 Å². The fourth-order valence-electron chi connectivity index (χ4n) is 2.41. The lowest BCUT2D eigenvalue weighted by Crippen LogP contribution is -2.18. The number of ether oxygens (including phenoxy) is 1. The van der Waals surface area contributed by atoms with Gasteiger partial charge < -0.3 is 4.74 Å². The van der Waals surface area contributed by atoms with E-state index in [2.05, 4.69) is 5.32 Å². The number of rotatable bonds is 3. The van der Waals surface area contributed by atoms with Gasteiger partial charge in [0.1, 0.15) is 0 Å². The van der Waals surface area contributed by atoms with E-state index in [-0.39, 0.29) is 17.8 Å². The van der Waals surface area contributed by atoms with Crippen LogP contribution in [0.25, 0.3) is 16.3 Å². The maximum absolute atomic E-state index is 11.9. The van der Waals surface area contributed by atoms with Gasteiger partial charge in [0.25, 0.3) is 11.1 Å². The number of benzene rings is 2. The Morgan fingerprint density at radius 3 is 2.62 bits per heavy atom. The summed E-state index contributed by atoms with van der Waals surface area (Å²) in [6.07, 6.45) is 0. The summed E-state index contributed by atoms with van der Waals surface area (Å²) in [4.78, 5) is 23.8. The third-order valence-electron chi connectivity index (χ3n) is 3.29. The zero-order chi connectivity index (χ0) is 14.8. The minimum Gasteiger partial charge on any atom is -0.380 e. The van der Waals surface area contributed by atoms with Gasteiger partial charge in [-0.3, -0.25) is 14.9 Å². The van der Waals surface area contributed by atoms with Gasteiger partial charge in [0.15, 0.2) is 0 Å². The molecule has 106 valence electrons. The Bertz CT molecular complexity index is 762. The lowest BCUT2D eigenvalue weighted by molar-refractivity contribution is -0.115. The summed E-state index contributed by atoms with van der Waals surface area (Å²) in [5.41, 5.74) is 1.66. The molecule has 1 heterocycles. The van der Waals surface area contributed by atoms with Gasteiger partial charge in [-0.2, -0.15) is 0 Å². The van der Waals surface area contributed by atoms with Gasteiger partial charge in [0.2, 0.25) is 0 Å². The second kappa shape index (κ2) is 5.71. The minimum absolute atomic E-state index is 0.275. The maximum Gasteiger partial charge on any atom is 0.290 e. The molecule has 0 aromatic heterocycles. The molecule has 1 fully saturated rings. The molecule has 2 aromatic rings. The molecule has 0 saturated carbocycles. The van der Waals surface area contributed by atoms with Gasteiger partial charge >= 0.3 is 0 Å². The minimum atomic E-state index is -0.356. The summed E-state index contributed by atoms with van der Waals surface area (Å²) in [6.45, 7) is 0.275. The third-order valence-corrected chi connectivity index (χ3v) is 4.22. The number of methoxy groups -OCH3 is 1. The van der Waals surface area contributed by atoms with Gasteiger partial charge in [-0.05, 0) is 28.1 Å². The first-order chi connectivity index (χ1) is 10.2. The number of hydrogen-bond donors (Lipinski definition) is 1. The van der Waals surface area contributed by atoms with Crippen LogP contribution in [0.15, 0.2) is 47.4 Å². The van der Waals surface area contributed by atoms with Crippen molar-refractivity contribution in [3.63, 3.8) is 0 Å². The average Bonchev–Trinajstić information content (AvgIpc) is 2.83. The molecular formula is C16H13NO3S. The quantitative estimate of drug-likeness (QED) is 0.884. The van der Waals surface area contributed by atoms with Crippen molar-refractivity contribution in [3.8, 4) is 0 Å². The van der Waals surface area contributed by atoms with Crippen LogP contribution >= 0.6 is 11.8 Å². The highest BCUT2D eigenvalue weighted by Crippen LogP contribution is 2.34. The van der Waals surface area contributed by atoms with Crippen LogP contribution in [0.2, 0.25) is 0 Å². The van der Waals surface area contributed by atoms with Crippen molar-refractivity contribution in [2.24, 2.45) is 0 Å². The van der Waals surface area contributed by atoms with Crippen LogP contribution in [0, 0.1) is 0 Å². The first-order valence-corrected chi connectivity index (χ1v) is 7.25. The molecule has 1 N–H and O–H groups in total. The Hall–Kier alpha value is -2.11. The SMILES string of the molecule is COC/C(=C1\SC(=O)NC1=O)c1cccc2ccccc12. The van der Waals surface area contributed by atoms with Crippen molar-refractivity contribution in [1.82, 2.24) is 5.32 Å². The van der Waals surface area contributed by atoms with E-state index in [0.717, 1.165) is 33.7 Å². The van der Waals surface area contributed by atoms with Crippen molar-refractivity contribution in [2.45, 2.75) is 0 Å². The molecule has 2 amide bonds. The van der Waals surface area contributed by atoms with Gasteiger partial charge in [-0.25, -0.2) is 0 Å². The number of carbonyl (C=O) groups excluding carboxylic acids is 2. The van der Waals surface area contributed by atoms with E-state index in [4.69, 9.17) is 4.74 Å². The monoisotopic (exact) mass is 299 g/mol. The molecule has 0 aliphatic carbocycles. The van der Waals surface area contributed by atoms with E-state index in [1.807, 2.05) is 42.5 Å². The molecule has 21 heavy (non-hydrogen) atoms. The fourth-order valence-corrected chi connectivity index (χ4v) is 3.18. The van der Waals surface area contributed by atoms with Gasteiger partial charge in [-0.15, -0.1) is 0 Å². The summed E-state index contributed by atoms with van der Waals surface area (Å²) in [7, 11) is 1.57. The van der Waals surface area contributed by atoms with E-state index in [9.17, 15) is 9.59 Å². The van der Waals surface area contributed by atoms with Crippen molar-refractivity contribution in [2.75, 3.05) is 13.7 Å². The lowest BCUT2D eigenvalue weighted by atomic mass is 9.98. The zero-order valence-corrected chi connectivity index (χ0v) is 12.2. The van der Waals surface area contributed by atoms with Crippen LogP contribution in [-0.2, 0) is 9.53 Å². The molecule has 3 rings (SSSR count). The van der Waals surface area contributed by atoms with Crippen LogP contribution in [0.1, 0.15) is 5.56 Å². The second-order valence-corrected chi connectivity index (χ2v) is 5.59. The first kappa shape index (κ1) is 13.9. The predicted molar refractivity (Wildman–Crippen MR) is 83.9 cm³/mol. The zero-order valence-electron chi connectivity index (χ0n) is 11.4. The van der Waals surface area contributed by atoms with Crippen molar-refractivity contribution in [1.29, 1.82) is 0 Å². The molecular weight excluding hydrogens is 286 g/mol. The third kappa shape index (κ3) is 2.57. The topological polar surface area (TPSA) is 55.4 Å². The molecule has 1 aliphatic rings. The smallest absolute Gasteiger partial charge is 0.290 e. The highest BCUT2D eigenvalue weighted by atomic mass is 32.2. The Morgan fingerprint density at radius 1 is 1.14 bits per heavy atom. The van der Waals surface area contributed by atoms with Gasteiger partial charge in [-0.1, -0.05) is 42.5 Å². The van der Waals surface area contributed by atoms with E-state index < -0.39 is 0 Å². The van der Waals surface area contributed by atoms with E-state index >= 15 is 0 Å². The fraction of sp³-hybridized carbons (Fsp3) is 0.125. The molecule has 1 aliphatic heterocycles. The van der Waals surface area contributed by atoms with Crippen LogP contribution in [-0.4, -0.2) is 24.9 Å². The van der Waals surface area contributed by atoms with Crippen LogP contribution in [0.4, 0.5) is 4.79 Å². The lowest BCUT2D eigenvalue weighted by Gasteiger charge is -2.12. The number of fused-ring (bicyclic) bond motifs is 1. The summed E-state index contributed by atoms with van der Waals surface area (Å²) in [5, 5.41) is 4.07. The molecule has 0 bridgehead atoms. The number of thioether (sulfide) groups is 1. The summed E-state index contributed by atoms with van der Waals surface area (Å²) < 4.78 is 5.24. The first-order valence-electron chi connectivity index (χ1n) is 6.44. The number of hydrogen-bond acceptors (Lipinski definition) is 4. The van der Waals surface area contributed by atoms with E-state index in [1.165, 1.54) is 0 Å². The van der Waals surface area contributed by atoms with Crippen molar-refractivity contribution >= 4 is 39.3 Å². The molecule has 1 saturated heterocycles. The summed E-state index contributed by atoms with van der Waals surface area (Å²) in [6, 6.07) is 13.8. The number of imide groups is 1. The van der Waals surface area contributed by atoms with Crippen molar-refractivity contribution < 1.29 is 14.3 Å². The number of nitrogens with one attached hydrogen (secondary N) is 1. The maximum atomic E-state index is 11.9.